The average Bonchev–Trinajstić information content (AvgIpc) is 3.01. The first-order valence-electron chi connectivity index (χ1n) is 9.84. The average molecular weight is 426 g/mol. The fourth-order valence-corrected chi connectivity index (χ4v) is 5.73. The summed E-state index contributed by atoms with van der Waals surface area (Å²) in [6, 6.07) is 7.99. The number of hydrogen-bond donors (Lipinski definition) is 2. The van der Waals surface area contributed by atoms with E-state index in [0.29, 0.717) is 39.4 Å². The van der Waals surface area contributed by atoms with Gasteiger partial charge in [-0.15, -0.1) is 0 Å². The summed E-state index contributed by atoms with van der Waals surface area (Å²) in [6.45, 7) is 3.10. The summed E-state index contributed by atoms with van der Waals surface area (Å²) < 4.78 is 32.0. The third kappa shape index (κ3) is 4.05. The Hall–Kier alpha value is -1.56. The monoisotopic (exact) mass is 425 g/mol. The van der Waals surface area contributed by atoms with E-state index in [1.165, 1.54) is 12.1 Å². The minimum Gasteiger partial charge on any atom is -0.389 e. The zero-order chi connectivity index (χ0) is 20.6. The van der Waals surface area contributed by atoms with Gasteiger partial charge in [-0.25, -0.2) is 8.42 Å². The molecule has 3 fully saturated rings. The molecule has 29 heavy (non-hydrogen) atoms. The van der Waals surface area contributed by atoms with Crippen LogP contribution in [0.25, 0.3) is 0 Å². The molecule has 2 N–H and O–H groups in total. The number of morpholine rings is 1. The lowest BCUT2D eigenvalue weighted by atomic mass is 9.93. The summed E-state index contributed by atoms with van der Waals surface area (Å²) in [6.07, 6.45) is -1.19. The molecule has 0 spiro atoms. The van der Waals surface area contributed by atoms with Crippen molar-refractivity contribution in [1.29, 1.82) is 0 Å². The number of sulfonamides is 1. The third-order valence-electron chi connectivity index (χ3n) is 5.95. The molecule has 0 radical (unpaired) electrons. The largest absolute Gasteiger partial charge is 0.389 e. The van der Waals surface area contributed by atoms with Crippen molar-refractivity contribution >= 4 is 15.9 Å². The lowest BCUT2D eigenvalue weighted by Gasteiger charge is -2.44. The highest BCUT2D eigenvalue weighted by Gasteiger charge is 2.51. The number of likely N-dealkylation sites (tertiary alicyclic amines) is 1. The maximum atomic E-state index is 12.8. The Kier molecular flexibility index (Phi) is 5.66. The van der Waals surface area contributed by atoms with Gasteiger partial charge in [-0.1, -0.05) is 18.2 Å². The molecular weight excluding hydrogens is 398 g/mol. The van der Waals surface area contributed by atoms with Crippen LogP contribution >= 0.6 is 0 Å². The van der Waals surface area contributed by atoms with Gasteiger partial charge in [0.2, 0.25) is 15.9 Å². The van der Waals surface area contributed by atoms with Gasteiger partial charge in [-0.2, -0.15) is 4.31 Å². The first kappa shape index (κ1) is 20.7. The Balaban J connectivity index is 1.34. The Bertz CT molecular complexity index is 839. The standard InChI is InChI=1S/C19H27N3O6S/c23-17-12-22(29(26,27)16-4-2-1-3-5-16)14-19(17,25)13-20-10-15(11-20)18(24)21-6-8-28-9-7-21/h1-5,15,17,23,25H,6-14H2/t17-,19+/m1/s1. The number of hydrogen-bond acceptors (Lipinski definition) is 7. The van der Waals surface area contributed by atoms with Crippen molar-refractivity contribution < 1.29 is 28.2 Å². The van der Waals surface area contributed by atoms with E-state index in [1.807, 2.05) is 4.90 Å². The molecule has 2 atom stereocenters. The van der Waals surface area contributed by atoms with Crippen LogP contribution in [0.3, 0.4) is 0 Å². The Morgan fingerprint density at radius 1 is 1.14 bits per heavy atom. The van der Waals surface area contributed by atoms with Crippen LogP contribution < -0.4 is 0 Å². The normalized spacial score (nSPS) is 29.7. The van der Waals surface area contributed by atoms with Crippen molar-refractivity contribution in [2.24, 2.45) is 5.92 Å². The summed E-state index contributed by atoms with van der Waals surface area (Å²) in [4.78, 5) is 16.3. The highest BCUT2D eigenvalue weighted by atomic mass is 32.2. The van der Waals surface area contributed by atoms with Crippen molar-refractivity contribution in [1.82, 2.24) is 14.1 Å². The first-order chi connectivity index (χ1) is 13.8. The van der Waals surface area contributed by atoms with Crippen LogP contribution in [0.2, 0.25) is 0 Å². The number of aliphatic hydroxyl groups is 2. The highest BCUT2D eigenvalue weighted by Crippen LogP contribution is 2.30. The fourth-order valence-electron chi connectivity index (χ4n) is 4.20. The second-order valence-corrected chi connectivity index (χ2v) is 10.00. The molecule has 160 valence electrons. The molecule has 10 heteroatoms. The van der Waals surface area contributed by atoms with Crippen LogP contribution in [0, 0.1) is 5.92 Å². The number of nitrogens with zero attached hydrogens (tertiary/aromatic N) is 3. The van der Waals surface area contributed by atoms with Gasteiger partial charge in [0.05, 0.1) is 30.1 Å². The minimum atomic E-state index is -3.78. The number of rotatable bonds is 5. The fraction of sp³-hybridized carbons (Fsp3) is 0.632. The minimum absolute atomic E-state index is 0.0943. The zero-order valence-corrected chi connectivity index (χ0v) is 17.0. The molecule has 1 aromatic rings. The van der Waals surface area contributed by atoms with Gasteiger partial charge in [-0.3, -0.25) is 9.69 Å². The van der Waals surface area contributed by atoms with Crippen LogP contribution in [0.4, 0.5) is 0 Å². The van der Waals surface area contributed by atoms with Gasteiger partial charge in [0, 0.05) is 45.8 Å². The zero-order valence-electron chi connectivity index (χ0n) is 16.2. The van der Waals surface area contributed by atoms with Crippen molar-refractivity contribution in [3.8, 4) is 0 Å². The molecule has 9 nitrogen and oxygen atoms in total. The van der Waals surface area contributed by atoms with Gasteiger partial charge in [0.25, 0.3) is 0 Å². The number of benzene rings is 1. The Morgan fingerprint density at radius 2 is 1.79 bits per heavy atom. The molecule has 0 aliphatic carbocycles. The predicted octanol–water partition coefficient (Wildman–Crippen LogP) is -1.43. The van der Waals surface area contributed by atoms with Gasteiger partial charge < -0.3 is 19.8 Å². The van der Waals surface area contributed by atoms with Crippen LogP contribution in [0.1, 0.15) is 0 Å². The van der Waals surface area contributed by atoms with Gasteiger partial charge in [0.15, 0.2) is 0 Å². The predicted molar refractivity (Wildman–Crippen MR) is 103 cm³/mol. The van der Waals surface area contributed by atoms with Gasteiger partial charge >= 0.3 is 0 Å². The highest BCUT2D eigenvalue weighted by molar-refractivity contribution is 7.89. The van der Waals surface area contributed by atoms with E-state index in [4.69, 9.17) is 4.74 Å². The number of β-amino-alcohol motifs (C(OH)–C–C–N with tert-alkyl or cyclic N) is 2. The Morgan fingerprint density at radius 3 is 2.45 bits per heavy atom. The van der Waals surface area contributed by atoms with Crippen molar-refractivity contribution in [3.05, 3.63) is 30.3 Å². The van der Waals surface area contributed by atoms with E-state index in [-0.39, 0.29) is 36.4 Å². The second-order valence-electron chi connectivity index (χ2n) is 8.06. The third-order valence-corrected chi connectivity index (χ3v) is 7.78. The smallest absolute Gasteiger partial charge is 0.243 e. The van der Waals surface area contributed by atoms with E-state index in [2.05, 4.69) is 0 Å². The van der Waals surface area contributed by atoms with Crippen LogP contribution in [-0.4, -0.2) is 109 Å². The number of carbonyl (C=O) groups is 1. The van der Waals surface area contributed by atoms with Crippen molar-refractivity contribution in [3.63, 3.8) is 0 Å². The lowest BCUT2D eigenvalue weighted by Crippen LogP contribution is -2.61. The number of aliphatic hydroxyl groups excluding tert-OH is 1. The first-order valence-corrected chi connectivity index (χ1v) is 11.3. The molecular formula is C19H27N3O6S. The SMILES string of the molecule is O=C(C1CN(C[C@]2(O)CN(S(=O)(=O)c3ccccc3)C[C@H]2O)C1)N1CCOCC1. The molecule has 0 bridgehead atoms. The van der Waals surface area contributed by atoms with E-state index in [0.717, 1.165) is 4.31 Å². The maximum Gasteiger partial charge on any atom is 0.243 e. The number of amides is 1. The van der Waals surface area contributed by atoms with Crippen molar-refractivity contribution in [2.45, 2.75) is 16.6 Å². The molecule has 3 heterocycles. The summed E-state index contributed by atoms with van der Waals surface area (Å²) in [7, 11) is -3.78. The van der Waals surface area contributed by atoms with Crippen LogP contribution in [-0.2, 0) is 19.6 Å². The molecule has 1 aromatic carbocycles. The topological polar surface area (TPSA) is 111 Å². The van der Waals surface area contributed by atoms with Crippen LogP contribution in [0.5, 0.6) is 0 Å². The molecule has 0 aromatic heterocycles. The summed E-state index contributed by atoms with van der Waals surface area (Å²) in [5.74, 6) is -0.0313. The summed E-state index contributed by atoms with van der Waals surface area (Å²) >= 11 is 0. The summed E-state index contributed by atoms with van der Waals surface area (Å²) in [5, 5.41) is 21.3. The number of ether oxygens (including phenoxy) is 1. The lowest BCUT2D eigenvalue weighted by molar-refractivity contribution is -0.148. The summed E-state index contributed by atoms with van der Waals surface area (Å²) in [5.41, 5.74) is -1.56. The molecule has 4 rings (SSSR count). The van der Waals surface area contributed by atoms with Gasteiger partial charge in [0.1, 0.15) is 5.60 Å². The molecule has 3 saturated heterocycles. The van der Waals surface area contributed by atoms with E-state index in [1.54, 1.807) is 23.1 Å². The molecule has 0 saturated carbocycles. The quantitative estimate of drug-likeness (QED) is 0.595. The molecule has 1 amide bonds. The Labute approximate surface area is 170 Å². The van der Waals surface area contributed by atoms with Crippen LogP contribution in [0.15, 0.2) is 35.2 Å². The second kappa shape index (κ2) is 7.93. The van der Waals surface area contributed by atoms with E-state index >= 15 is 0 Å². The maximum absolute atomic E-state index is 12.8. The molecule has 3 aliphatic heterocycles. The molecule has 0 unspecified atom stereocenters. The molecule has 3 aliphatic rings. The van der Waals surface area contributed by atoms with Crippen molar-refractivity contribution in [2.75, 3.05) is 59.0 Å². The van der Waals surface area contributed by atoms with Gasteiger partial charge in [-0.05, 0) is 12.1 Å². The van der Waals surface area contributed by atoms with E-state index in [9.17, 15) is 23.4 Å². The number of carbonyl (C=O) groups excluding carboxylic acids is 1. The van der Waals surface area contributed by atoms with E-state index < -0.39 is 21.7 Å².